The van der Waals surface area contributed by atoms with Crippen LogP contribution in [0, 0.1) is 6.92 Å². The fourth-order valence-electron chi connectivity index (χ4n) is 3.14. The van der Waals surface area contributed by atoms with Gasteiger partial charge in [0.2, 0.25) is 0 Å². The minimum absolute atomic E-state index is 0.374. The van der Waals surface area contributed by atoms with Gasteiger partial charge in [-0.25, -0.2) is 9.59 Å². The molecule has 7 heteroatoms. The average molecular weight is 395 g/mol. The molecular formula is C22H21NO6. The molecule has 1 heterocycles. The average Bonchev–Trinajstić information content (AvgIpc) is 2.71. The Morgan fingerprint density at radius 3 is 2.55 bits per heavy atom. The molecule has 150 valence electrons. The van der Waals surface area contributed by atoms with Crippen LogP contribution < -0.4 is 15.7 Å². The van der Waals surface area contributed by atoms with Crippen LogP contribution in [0.5, 0.6) is 5.75 Å². The predicted molar refractivity (Wildman–Crippen MR) is 107 cm³/mol. The van der Waals surface area contributed by atoms with Crippen LogP contribution in [0.4, 0.5) is 0 Å². The summed E-state index contributed by atoms with van der Waals surface area (Å²) in [6, 6.07) is 12.2. The van der Waals surface area contributed by atoms with Gasteiger partial charge < -0.3 is 19.6 Å². The van der Waals surface area contributed by atoms with Crippen LogP contribution in [-0.2, 0) is 16.0 Å². The lowest BCUT2D eigenvalue weighted by Crippen LogP contribution is -2.36. The van der Waals surface area contributed by atoms with Gasteiger partial charge in [0.1, 0.15) is 11.3 Å². The number of carbonyl (C=O) groups excluding carboxylic acids is 1. The first kappa shape index (κ1) is 20.1. The summed E-state index contributed by atoms with van der Waals surface area (Å²) in [7, 11) is 0. The Balaban J connectivity index is 1.76. The quantitative estimate of drug-likeness (QED) is 0.596. The van der Waals surface area contributed by atoms with Gasteiger partial charge >= 0.3 is 11.6 Å². The topological polar surface area (TPSA) is 106 Å². The largest absolute Gasteiger partial charge is 0.483 e. The summed E-state index contributed by atoms with van der Waals surface area (Å²) >= 11 is 0. The number of aliphatic carboxylic acids is 1. The number of carboxylic acid groups (broad SMARTS) is 1. The maximum absolute atomic E-state index is 12.3. The molecule has 1 amide bonds. The highest BCUT2D eigenvalue weighted by atomic mass is 16.5. The third kappa shape index (κ3) is 4.45. The standard InChI is InChI=1S/C22H21NO6/c1-3-14-11-19(25)29-21-13(2)17(10-9-16(14)21)28-12-18(24)23-20(22(26)27)15-7-5-4-6-8-15/h4-11,20H,3,12H2,1-2H3,(H,23,24)(H,26,27)/t20-/m1/s1. The highest BCUT2D eigenvalue weighted by Gasteiger charge is 2.22. The second-order valence-electron chi connectivity index (χ2n) is 6.55. The molecule has 0 radical (unpaired) electrons. The van der Waals surface area contributed by atoms with Gasteiger partial charge in [-0.3, -0.25) is 4.79 Å². The van der Waals surface area contributed by atoms with Gasteiger partial charge in [0, 0.05) is 17.0 Å². The van der Waals surface area contributed by atoms with E-state index in [0.717, 1.165) is 10.9 Å². The molecule has 0 aliphatic rings. The van der Waals surface area contributed by atoms with Crippen molar-refractivity contribution in [3.8, 4) is 5.75 Å². The van der Waals surface area contributed by atoms with E-state index in [1.807, 2.05) is 6.92 Å². The van der Waals surface area contributed by atoms with E-state index in [-0.39, 0.29) is 6.61 Å². The van der Waals surface area contributed by atoms with Crippen molar-refractivity contribution in [1.29, 1.82) is 0 Å². The van der Waals surface area contributed by atoms with Gasteiger partial charge in [0.15, 0.2) is 12.6 Å². The number of carboxylic acids is 1. The van der Waals surface area contributed by atoms with Crippen LogP contribution in [0.1, 0.15) is 29.7 Å². The molecule has 2 aromatic carbocycles. The number of ether oxygens (including phenoxy) is 1. The van der Waals surface area contributed by atoms with E-state index >= 15 is 0 Å². The van der Waals surface area contributed by atoms with E-state index in [9.17, 15) is 19.5 Å². The second kappa shape index (κ2) is 8.60. The molecule has 0 aliphatic heterocycles. The highest BCUT2D eigenvalue weighted by molar-refractivity contribution is 5.86. The molecule has 3 rings (SSSR count). The van der Waals surface area contributed by atoms with Gasteiger partial charge in [-0.05, 0) is 36.6 Å². The van der Waals surface area contributed by atoms with Crippen LogP contribution in [0.15, 0.2) is 57.7 Å². The Labute approximate surface area is 166 Å². The van der Waals surface area contributed by atoms with Crippen molar-refractivity contribution in [2.45, 2.75) is 26.3 Å². The van der Waals surface area contributed by atoms with E-state index in [1.54, 1.807) is 49.4 Å². The number of aryl methyl sites for hydroxylation is 2. The van der Waals surface area contributed by atoms with Crippen molar-refractivity contribution in [1.82, 2.24) is 5.32 Å². The summed E-state index contributed by atoms with van der Waals surface area (Å²) in [6.45, 7) is 3.31. The molecule has 0 saturated carbocycles. The monoisotopic (exact) mass is 395 g/mol. The van der Waals surface area contributed by atoms with Crippen molar-refractivity contribution < 1.29 is 23.8 Å². The van der Waals surface area contributed by atoms with E-state index in [2.05, 4.69) is 5.32 Å². The number of benzene rings is 2. The van der Waals surface area contributed by atoms with Gasteiger partial charge in [-0.2, -0.15) is 0 Å². The van der Waals surface area contributed by atoms with Gasteiger partial charge in [-0.1, -0.05) is 37.3 Å². The minimum Gasteiger partial charge on any atom is -0.483 e. The molecule has 0 spiro atoms. The molecule has 0 aliphatic carbocycles. The Morgan fingerprint density at radius 2 is 1.90 bits per heavy atom. The fraction of sp³-hybridized carbons (Fsp3) is 0.227. The molecular weight excluding hydrogens is 374 g/mol. The summed E-state index contributed by atoms with van der Waals surface area (Å²) in [5.74, 6) is -1.36. The van der Waals surface area contributed by atoms with Gasteiger partial charge in [0.05, 0.1) is 0 Å². The van der Waals surface area contributed by atoms with E-state index < -0.39 is 23.5 Å². The van der Waals surface area contributed by atoms with Crippen molar-refractivity contribution in [2.24, 2.45) is 0 Å². The van der Waals surface area contributed by atoms with Crippen LogP contribution in [0.25, 0.3) is 11.0 Å². The first-order valence-corrected chi connectivity index (χ1v) is 9.17. The maximum atomic E-state index is 12.3. The molecule has 1 atom stereocenters. The number of amides is 1. The predicted octanol–water partition coefficient (Wildman–Crippen LogP) is 2.98. The fourth-order valence-corrected chi connectivity index (χ4v) is 3.14. The Morgan fingerprint density at radius 1 is 1.17 bits per heavy atom. The van der Waals surface area contributed by atoms with Crippen molar-refractivity contribution in [2.75, 3.05) is 6.61 Å². The smallest absolute Gasteiger partial charge is 0.336 e. The lowest BCUT2D eigenvalue weighted by Gasteiger charge is -2.16. The zero-order valence-electron chi connectivity index (χ0n) is 16.1. The SMILES string of the molecule is CCc1cc(=O)oc2c(C)c(OCC(=O)N[C@@H](C(=O)O)c3ccccc3)ccc12. The molecule has 1 aromatic heterocycles. The molecule has 29 heavy (non-hydrogen) atoms. The zero-order chi connectivity index (χ0) is 21.0. The molecule has 0 unspecified atom stereocenters. The van der Waals surface area contributed by atoms with Crippen molar-refractivity contribution in [3.63, 3.8) is 0 Å². The molecule has 7 nitrogen and oxygen atoms in total. The van der Waals surface area contributed by atoms with Gasteiger partial charge in [-0.15, -0.1) is 0 Å². The van der Waals surface area contributed by atoms with E-state index in [4.69, 9.17) is 9.15 Å². The van der Waals surface area contributed by atoms with E-state index in [0.29, 0.717) is 28.9 Å². The van der Waals surface area contributed by atoms with Crippen molar-refractivity contribution >= 4 is 22.8 Å². The van der Waals surface area contributed by atoms with Crippen LogP contribution in [0.3, 0.4) is 0 Å². The number of hydrogen-bond acceptors (Lipinski definition) is 5. The molecule has 3 aromatic rings. The summed E-state index contributed by atoms with van der Waals surface area (Å²) in [6.07, 6.45) is 0.681. The number of carbonyl (C=O) groups is 2. The number of nitrogens with one attached hydrogen (secondary N) is 1. The lowest BCUT2D eigenvalue weighted by molar-refractivity contribution is -0.142. The third-order valence-corrected chi connectivity index (χ3v) is 4.62. The Bertz CT molecular complexity index is 1100. The Kier molecular flexibility index (Phi) is 5.97. The number of rotatable bonds is 7. The number of hydrogen-bond donors (Lipinski definition) is 2. The zero-order valence-corrected chi connectivity index (χ0v) is 16.1. The highest BCUT2D eigenvalue weighted by Crippen LogP contribution is 2.28. The molecule has 0 bridgehead atoms. The van der Waals surface area contributed by atoms with Crippen LogP contribution in [0.2, 0.25) is 0 Å². The normalized spacial score (nSPS) is 11.8. The van der Waals surface area contributed by atoms with Gasteiger partial charge in [0.25, 0.3) is 5.91 Å². The minimum atomic E-state index is -1.17. The molecule has 0 saturated heterocycles. The van der Waals surface area contributed by atoms with E-state index in [1.165, 1.54) is 6.07 Å². The molecule has 2 N–H and O–H groups in total. The summed E-state index contributed by atoms with van der Waals surface area (Å²) in [5.41, 5.74) is 1.90. The first-order valence-electron chi connectivity index (χ1n) is 9.17. The Hall–Kier alpha value is -3.61. The lowest BCUT2D eigenvalue weighted by atomic mass is 10.0. The van der Waals surface area contributed by atoms with Crippen LogP contribution >= 0.6 is 0 Å². The number of fused-ring (bicyclic) bond motifs is 1. The van der Waals surface area contributed by atoms with Crippen molar-refractivity contribution in [3.05, 3.63) is 75.6 Å². The van der Waals surface area contributed by atoms with Crippen LogP contribution in [-0.4, -0.2) is 23.6 Å². The molecule has 0 fully saturated rings. The first-order chi connectivity index (χ1) is 13.9. The third-order valence-electron chi connectivity index (χ3n) is 4.62. The summed E-state index contributed by atoms with van der Waals surface area (Å²) in [4.78, 5) is 35.6. The maximum Gasteiger partial charge on any atom is 0.336 e. The second-order valence-corrected chi connectivity index (χ2v) is 6.55. The summed E-state index contributed by atoms with van der Waals surface area (Å²) < 4.78 is 10.9. The summed E-state index contributed by atoms with van der Waals surface area (Å²) in [5, 5.41) is 12.7.